The zero-order chi connectivity index (χ0) is 22.7. The summed E-state index contributed by atoms with van der Waals surface area (Å²) in [6.07, 6.45) is -3.73. The van der Waals surface area contributed by atoms with Crippen LogP contribution in [0.25, 0.3) is 10.2 Å². The van der Waals surface area contributed by atoms with Crippen molar-refractivity contribution in [2.75, 3.05) is 44.3 Å². The van der Waals surface area contributed by atoms with Crippen LogP contribution >= 0.6 is 27.3 Å². The van der Waals surface area contributed by atoms with Crippen molar-refractivity contribution < 1.29 is 22.7 Å². The maximum Gasteiger partial charge on any atom is 0.416 e. The number of aromatic nitrogens is 1. The largest absolute Gasteiger partial charge is 0.416 e. The normalized spacial score (nSPS) is 15.2. The minimum absolute atomic E-state index is 0.199. The van der Waals surface area contributed by atoms with Gasteiger partial charge in [0.15, 0.2) is 5.13 Å². The third-order valence-corrected chi connectivity index (χ3v) is 6.77. The first-order chi connectivity index (χ1) is 15.3. The van der Waals surface area contributed by atoms with Crippen molar-refractivity contribution in [3.8, 4) is 0 Å². The minimum atomic E-state index is -4.44. The van der Waals surface area contributed by atoms with E-state index in [1.165, 1.54) is 23.5 Å². The number of carbonyl (C=O) groups excluding carboxylic acids is 1. The van der Waals surface area contributed by atoms with Crippen molar-refractivity contribution in [1.82, 2.24) is 9.88 Å². The lowest BCUT2D eigenvalue weighted by Crippen LogP contribution is -2.39. The molecular formula is C22H21BrF3N3O2S. The quantitative estimate of drug-likeness (QED) is 0.427. The number of carbonyl (C=O) groups is 1. The van der Waals surface area contributed by atoms with Crippen molar-refractivity contribution in [3.05, 3.63) is 58.1 Å². The Morgan fingerprint density at radius 1 is 1.16 bits per heavy atom. The average Bonchev–Trinajstić information content (AvgIpc) is 3.19. The van der Waals surface area contributed by atoms with Gasteiger partial charge in [-0.2, -0.15) is 13.2 Å². The topological polar surface area (TPSA) is 45.7 Å². The highest BCUT2D eigenvalue weighted by Gasteiger charge is 2.31. The van der Waals surface area contributed by atoms with Gasteiger partial charge in [-0.3, -0.25) is 14.6 Å². The van der Waals surface area contributed by atoms with Gasteiger partial charge >= 0.3 is 6.18 Å². The fraction of sp³-hybridized carbons (Fsp3) is 0.364. The first-order valence-corrected chi connectivity index (χ1v) is 11.8. The van der Waals surface area contributed by atoms with Gasteiger partial charge in [0.25, 0.3) is 5.91 Å². The molecule has 1 aliphatic heterocycles. The second-order valence-electron chi connectivity index (χ2n) is 7.45. The third kappa shape index (κ3) is 5.48. The molecule has 0 unspecified atom stereocenters. The lowest BCUT2D eigenvalue weighted by Gasteiger charge is -2.27. The minimum Gasteiger partial charge on any atom is -0.379 e. The van der Waals surface area contributed by atoms with Gasteiger partial charge in [-0.15, -0.1) is 0 Å². The Hall–Kier alpha value is -2.01. The number of fused-ring (bicyclic) bond motifs is 1. The number of rotatable bonds is 6. The van der Waals surface area contributed by atoms with Crippen LogP contribution in [0.2, 0.25) is 0 Å². The molecule has 5 nitrogen and oxygen atoms in total. The van der Waals surface area contributed by atoms with E-state index in [0.717, 1.165) is 46.5 Å². The summed E-state index contributed by atoms with van der Waals surface area (Å²) in [5.41, 5.74) is 0.189. The van der Waals surface area contributed by atoms with Gasteiger partial charge in [-0.05, 0) is 48.9 Å². The molecule has 10 heteroatoms. The monoisotopic (exact) mass is 527 g/mol. The molecule has 0 aliphatic carbocycles. The van der Waals surface area contributed by atoms with Gasteiger partial charge < -0.3 is 4.74 Å². The standard InChI is InChI=1S/C22H21BrF3N3O2S/c23-17-6-7-18-19(14-17)32-21(27-18)29(9-1-8-28-10-12-31-13-11-28)20(30)15-2-4-16(5-3-15)22(24,25)26/h2-7,14H,1,8-13H2. The number of benzene rings is 2. The van der Waals surface area contributed by atoms with E-state index in [1.807, 2.05) is 18.2 Å². The SMILES string of the molecule is O=C(c1ccc(C(F)(F)F)cc1)N(CCCN1CCOCC1)c1nc2ccc(Br)cc2s1. The van der Waals surface area contributed by atoms with Gasteiger partial charge in [0.05, 0.1) is 29.0 Å². The molecule has 170 valence electrons. The Morgan fingerprint density at radius 3 is 2.56 bits per heavy atom. The molecule has 3 aromatic rings. The first-order valence-electron chi connectivity index (χ1n) is 10.2. The molecule has 32 heavy (non-hydrogen) atoms. The summed E-state index contributed by atoms with van der Waals surface area (Å²) in [6, 6.07) is 10.0. The summed E-state index contributed by atoms with van der Waals surface area (Å²) in [5, 5.41) is 0.532. The van der Waals surface area contributed by atoms with E-state index < -0.39 is 11.7 Å². The van der Waals surface area contributed by atoms with Crippen LogP contribution < -0.4 is 4.90 Å². The van der Waals surface area contributed by atoms with Crippen molar-refractivity contribution in [2.45, 2.75) is 12.6 Å². The molecular weight excluding hydrogens is 507 g/mol. The lowest BCUT2D eigenvalue weighted by molar-refractivity contribution is -0.137. The summed E-state index contributed by atoms with van der Waals surface area (Å²) in [6.45, 7) is 4.31. The predicted molar refractivity (Wildman–Crippen MR) is 122 cm³/mol. The Morgan fingerprint density at radius 2 is 1.88 bits per heavy atom. The number of anilines is 1. The number of thiazole rings is 1. The first kappa shape index (κ1) is 23.2. The Kier molecular flexibility index (Phi) is 7.14. The Labute approximate surface area is 195 Å². The summed E-state index contributed by atoms with van der Waals surface area (Å²) < 4.78 is 46.0. The Bertz CT molecular complexity index is 1080. The molecule has 1 aliphatic rings. The molecule has 1 saturated heterocycles. The van der Waals surface area contributed by atoms with Gasteiger partial charge in [0, 0.05) is 36.2 Å². The zero-order valence-corrected chi connectivity index (χ0v) is 19.5. The summed E-state index contributed by atoms with van der Waals surface area (Å²) in [7, 11) is 0. The lowest BCUT2D eigenvalue weighted by atomic mass is 10.1. The molecule has 0 atom stereocenters. The number of nitrogens with zero attached hydrogens (tertiary/aromatic N) is 3. The summed E-state index contributed by atoms with van der Waals surface area (Å²) >= 11 is 4.83. The van der Waals surface area contributed by atoms with Crippen LogP contribution in [-0.2, 0) is 10.9 Å². The van der Waals surface area contributed by atoms with Crippen LogP contribution in [0.1, 0.15) is 22.3 Å². The smallest absolute Gasteiger partial charge is 0.379 e. The fourth-order valence-electron chi connectivity index (χ4n) is 3.52. The van der Waals surface area contributed by atoms with Gasteiger partial charge in [-0.1, -0.05) is 27.3 Å². The van der Waals surface area contributed by atoms with E-state index in [0.29, 0.717) is 31.3 Å². The number of alkyl halides is 3. The molecule has 2 aromatic carbocycles. The molecule has 0 spiro atoms. The highest BCUT2D eigenvalue weighted by molar-refractivity contribution is 9.10. The molecule has 2 heterocycles. The van der Waals surface area contributed by atoms with Crippen molar-refractivity contribution in [2.24, 2.45) is 0 Å². The van der Waals surface area contributed by atoms with E-state index >= 15 is 0 Å². The number of hydrogen-bond acceptors (Lipinski definition) is 5. The van der Waals surface area contributed by atoms with Gasteiger partial charge in [0.2, 0.25) is 0 Å². The van der Waals surface area contributed by atoms with Crippen LogP contribution in [0.5, 0.6) is 0 Å². The second-order valence-corrected chi connectivity index (χ2v) is 9.37. The molecule has 1 amide bonds. The van der Waals surface area contributed by atoms with E-state index in [1.54, 1.807) is 4.90 Å². The second kappa shape index (κ2) is 9.86. The highest BCUT2D eigenvalue weighted by atomic mass is 79.9. The molecule has 0 radical (unpaired) electrons. The maximum absolute atomic E-state index is 13.3. The van der Waals surface area contributed by atoms with Crippen LogP contribution in [0.4, 0.5) is 18.3 Å². The van der Waals surface area contributed by atoms with E-state index in [9.17, 15) is 18.0 Å². The van der Waals surface area contributed by atoms with Crippen LogP contribution in [-0.4, -0.2) is 55.2 Å². The maximum atomic E-state index is 13.3. The molecule has 0 bridgehead atoms. The fourth-order valence-corrected chi connectivity index (χ4v) is 5.06. The van der Waals surface area contributed by atoms with Crippen molar-refractivity contribution in [3.63, 3.8) is 0 Å². The highest BCUT2D eigenvalue weighted by Crippen LogP contribution is 2.33. The summed E-state index contributed by atoms with van der Waals surface area (Å²) in [5.74, 6) is -0.362. The molecule has 4 rings (SSSR count). The van der Waals surface area contributed by atoms with Crippen molar-refractivity contribution >= 4 is 48.5 Å². The Balaban J connectivity index is 1.57. The molecule has 1 aromatic heterocycles. The van der Waals surface area contributed by atoms with Crippen LogP contribution in [0.15, 0.2) is 46.9 Å². The number of amides is 1. The number of halogens is 4. The van der Waals surface area contributed by atoms with Gasteiger partial charge in [-0.25, -0.2) is 4.98 Å². The molecule has 1 fully saturated rings. The van der Waals surface area contributed by atoms with Gasteiger partial charge in [0.1, 0.15) is 0 Å². The van der Waals surface area contributed by atoms with Crippen LogP contribution in [0.3, 0.4) is 0 Å². The summed E-state index contributed by atoms with van der Waals surface area (Å²) in [4.78, 5) is 21.8. The number of morpholine rings is 1. The van der Waals surface area contributed by atoms with E-state index in [4.69, 9.17) is 4.74 Å². The van der Waals surface area contributed by atoms with E-state index in [-0.39, 0.29) is 11.5 Å². The third-order valence-electron chi connectivity index (χ3n) is 5.23. The molecule has 0 saturated carbocycles. The predicted octanol–water partition coefficient (Wildman–Crippen LogP) is 5.45. The van der Waals surface area contributed by atoms with Crippen molar-refractivity contribution in [1.29, 1.82) is 0 Å². The van der Waals surface area contributed by atoms with Crippen LogP contribution in [0, 0.1) is 0 Å². The zero-order valence-electron chi connectivity index (χ0n) is 17.1. The molecule has 0 N–H and O–H groups in total. The number of hydrogen-bond donors (Lipinski definition) is 0. The number of ether oxygens (including phenoxy) is 1. The average molecular weight is 528 g/mol. The van der Waals surface area contributed by atoms with E-state index in [2.05, 4.69) is 25.8 Å².